The molecule has 1 saturated heterocycles. The van der Waals surface area contributed by atoms with Gasteiger partial charge in [-0.15, -0.1) is 0 Å². The van der Waals surface area contributed by atoms with E-state index in [2.05, 4.69) is 48.3 Å². The lowest BCUT2D eigenvalue weighted by Crippen LogP contribution is -2.60. The van der Waals surface area contributed by atoms with E-state index >= 15 is 0 Å². The first-order chi connectivity index (χ1) is 10.3. The molecule has 0 radical (unpaired) electrons. The van der Waals surface area contributed by atoms with Crippen LogP contribution in [0.4, 0.5) is 5.82 Å². The Morgan fingerprint density at radius 3 is 2.50 bits per heavy atom. The summed E-state index contributed by atoms with van der Waals surface area (Å²) in [7, 11) is 1.65. The highest BCUT2D eigenvalue weighted by molar-refractivity contribution is 5.38. The van der Waals surface area contributed by atoms with Crippen molar-refractivity contribution in [3.05, 3.63) is 12.4 Å². The maximum atomic E-state index is 5.53. The molecule has 0 saturated carbocycles. The van der Waals surface area contributed by atoms with Gasteiger partial charge in [0.15, 0.2) is 0 Å². The molecule has 0 amide bonds. The van der Waals surface area contributed by atoms with Gasteiger partial charge in [0.2, 0.25) is 5.88 Å². The third-order valence-corrected chi connectivity index (χ3v) is 3.72. The summed E-state index contributed by atoms with van der Waals surface area (Å²) >= 11 is 0. The first-order valence-corrected chi connectivity index (χ1v) is 7.79. The summed E-state index contributed by atoms with van der Waals surface area (Å²) in [4.78, 5) is 8.42. The first kappa shape index (κ1) is 17.0. The average molecular weight is 308 g/mol. The van der Waals surface area contributed by atoms with Gasteiger partial charge < -0.3 is 20.1 Å². The summed E-state index contributed by atoms with van der Waals surface area (Å²) in [6.45, 7) is 9.98. The van der Waals surface area contributed by atoms with E-state index in [0.717, 1.165) is 18.7 Å². The van der Waals surface area contributed by atoms with Gasteiger partial charge in [-0.2, -0.15) is 0 Å². The van der Waals surface area contributed by atoms with Crippen molar-refractivity contribution in [2.75, 3.05) is 25.6 Å². The second kappa shape index (κ2) is 6.79. The molecule has 1 aliphatic heterocycles. The summed E-state index contributed by atoms with van der Waals surface area (Å²) in [5, 5.41) is 7.20. The lowest BCUT2D eigenvalue weighted by molar-refractivity contribution is 0.143. The SMILES string of the molecule is COCCOc1cc(NC2CC(C)(C)NC(C)(C)C2)ncn1. The molecule has 6 heteroatoms. The van der Waals surface area contributed by atoms with Gasteiger partial charge >= 0.3 is 0 Å². The van der Waals surface area contributed by atoms with Crippen LogP contribution in [0.2, 0.25) is 0 Å². The van der Waals surface area contributed by atoms with Crippen LogP contribution in [-0.2, 0) is 4.74 Å². The average Bonchev–Trinajstić information content (AvgIpc) is 2.35. The fourth-order valence-corrected chi connectivity index (χ4v) is 3.36. The number of anilines is 1. The lowest BCUT2D eigenvalue weighted by Gasteiger charge is -2.46. The van der Waals surface area contributed by atoms with E-state index in [1.54, 1.807) is 7.11 Å². The van der Waals surface area contributed by atoms with E-state index in [4.69, 9.17) is 9.47 Å². The summed E-state index contributed by atoms with van der Waals surface area (Å²) in [6.07, 6.45) is 3.61. The van der Waals surface area contributed by atoms with Crippen molar-refractivity contribution in [1.29, 1.82) is 0 Å². The number of hydrogen-bond acceptors (Lipinski definition) is 6. The molecule has 0 bridgehead atoms. The molecule has 124 valence electrons. The van der Waals surface area contributed by atoms with Crippen LogP contribution in [0.15, 0.2) is 12.4 Å². The van der Waals surface area contributed by atoms with Crippen molar-refractivity contribution in [3.63, 3.8) is 0 Å². The van der Waals surface area contributed by atoms with Crippen molar-refractivity contribution in [1.82, 2.24) is 15.3 Å². The third kappa shape index (κ3) is 5.10. The summed E-state index contributed by atoms with van der Waals surface area (Å²) in [5.74, 6) is 1.38. The largest absolute Gasteiger partial charge is 0.475 e. The Bertz CT molecular complexity index is 475. The zero-order chi connectivity index (χ0) is 16.2. The molecule has 1 fully saturated rings. The highest BCUT2D eigenvalue weighted by Gasteiger charge is 2.37. The molecule has 0 aliphatic carbocycles. The molecular formula is C16H28N4O2. The van der Waals surface area contributed by atoms with Crippen LogP contribution in [0.25, 0.3) is 0 Å². The van der Waals surface area contributed by atoms with Gasteiger partial charge in [0.25, 0.3) is 0 Å². The Kier molecular flexibility index (Phi) is 5.24. The van der Waals surface area contributed by atoms with Crippen LogP contribution in [0, 0.1) is 0 Å². The number of hydrogen-bond donors (Lipinski definition) is 2. The van der Waals surface area contributed by atoms with E-state index in [-0.39, 0.29) is 11.1 Å². The van der Waals surface area contributed by atoms with Gasteiger partial charge in [0.1, 0.15) is 18.8 Å². The second-order valence-electron chi connectivity index (χ2n) is 7.23. The summed E-state index contributed by atoms with van der Waals surface area (Å²) < 4.78 is 10.5. The monoisotopic (exact) mass is 308 g/mol. The number of piperidine rings is 1. The quantitative estimate of drug-likeness (QED) is 0.786. The van der Waals surface area contributed by atoms with E-state index in [1.165, 1.54) is 6.33 Å². The summed E-state index contributed by atoms with van der Waals surface area (Å²) in [6, 6.07) is 2.21. The highest BCUT2D eigenvalue weighted by Crippen LogP contribution is 2.30. The molecule has 0 spiro atoms. The molecule has 0 aromatic carbocycles. The predicted octanol–water partition coefficient (Wildman–Crippen LogP) is 2.22. The fourth-order valence-electron chi connectivity index (χ4n) is 3.36. The Hall–Kier alpha value is -1.40. The van der Waals surface area contributed by atoms with E-state index < -0.39 is 0 Å². The molecule has 0 atom stereocenters. The molecule has 1 aromatic rings. The van der Waals surface area contributed by atoms with Crippen LogP contribution >= 0.6 is 0 Å². The van der Waals surface area contributed by atoms with Crippen LogP contribution in [0.1, 0.15) is 40.5 Å². The number of aromatic nitrogens is 2. The Morgan fingerprint density at radius 2 is 1.86 bits per heavy atom. The molecular weight excluding hydrogens is 280 g/mol. The standard InChI is InChI=1S/C16H28N4O2/c1-15(2)9-12(10-16(3,4)20-15)19-13-8-14(18-11-17-13)22-7-6-21-5/h8,11-12,20H,6-7,9-10H2,1-5H3,(H,17,18,19). The zero-order valence-corrected chi connectivity index (χ0v) is 14.3. The maximum Gasteiger partial charge on any atom is 0.218 e. The number of nitrogens with zero attached hydrogens (tertiary/aromatic N) is 2. The number of nitrogens with one attached hydrogen (secondary N) is 2. The smallest absolute Gasteiger partial charge is 0.218 e. The van der Waals surface area contributed by atoms with Gasteiger partial charge in [0, 0.05) is 30.3 Å². The molecule has 1 aromatic heterocycles. The zero-order valence-electron chi connectivity index (χ0n) is 14.3. The molecule has 2 N–H and O–H groups in total. The summed E-state index contributed by atoms with van der Waals surface area (Å²) in [5.41, 5.74) is 0.203. The fraction of sp³-hybridized carbons (Fsp3) is 0.750. The van der Waals surface area contributed by atoms with Gasteiger partial charge in [-0.3, -0.25) is 0 Å². The van der Waals surface area contributed by atoms with E-state index in [9.17, 15) is 0 Å². The topological polar surface area (TPSA) is 68.3 Å². The van der Waals surface area contributed by atoms with Crippen LogP contribution < -0.4 is 15.4 Å². The maximum absolute atomic E-state index is 5.53. The van der Waals surface area contributed by atoms with Gasteiger partial charge in [0.05, 0.1) is 6.61 Å². The Morgan fingerprint density at radius 1 is 1.18 bits per heavy atom. The number of ether oxygens (including phenoxy) is 2. The van der Waals surface area contributed by atoms with Crippen molar-refractivity contribution >= 4 is 5.82 Å². The number of rotatable bonds is 6. The van der Waals surface area contributed by atoms with E-state index in [0.29, 0.717) is 25.1 Å². The molecule has 0 unspecified atom stereocenters. The number of methoxy groups -OCH3 is 1. The van der Waals surface area contributed by atoms with Crippen LogP contribution in [-0.4, -0.2) is 47.4 Å². The minimum absolute atomic E-state index is 0.101. The van der Waals surface area contributed by atoms with Crippen molar-refractivity contribution in [2.24, 2.45) is 0 Å². The lowest BCUT2D eigenvalue weighted by atomic mass is 9.79. The molecule has 2 heterocycles. The minimum atomic E-state index is 0.101. The second-order valence-corrected chi connectivity index (χ2v) is 7.23. The van der Waals surface area contributed by atoms with Crippen LogP contribution in [0.5, 0.6) is 5.88 Å². The molecule has 1 aliphatic rings. The van der Waals surface area contributed by atoms with Crippen molar-refractivity contribution in [2.45, 2.75) is 57.7 Å². The Balaban J connectivity index is 1.99. The van der Waals surface area contributed by atoms with Gasteiger partial charge in [-0.25, -0.2) is 9.97 Å². The van der Waals surface area contributed by atoms with E-state index in [1.807, 2.05) is 6.07 Å². The molecule has 2 rings (SSSR count). The first-order valence-electron chi connectivity index (χ1n) is 7.79. The molecule has 6 nitrogen and oxygen atoms in total. The Labute approximate surface area is 133 Å². The highest BCUT2D eigenvalue weighted by atomic mass is 16.5. The normalized spacial score (nSPS) is 20.6. The third-order valence-electron chi connectivity index (χ3n) is 3.72. The molecule has 22 heavy (non-hydrogen) atoms. The van der Waals surface area contributed by atoms with Crippen molar-refractivity contribution in [3.8, 4) is 5.88 Å². The van der Waals surface area contributed by atoms with Gasteiger partial charge in [-0.05, 0) is 40.5 Å². The van der Waals surface area contributed by atoms with Crippen LogP contribution in [0.3, 0.4) is 0 Å². The predicted molar refractivity (Wildman–Crippen MR) is 87.3 cm³/mol. The van der Waals surface area contributed by atoms with Crippen molar-refractivity contribution < 1.29 is 9.47 Å². The van der Waals surface area contributed by atoms with Gasteiger partial charge in [-0.1, -0.05) is 0 Å². The minimum Gasteiger partial charge on any atom is -0.475 e.